The smallest absolute Gasteiger partial charge is 0.293 e. The van der Waals surface area contributed by atoms with Gasteiger partial charge >= 0.3 is 0 Å². The molecule has 0 fully saturated rings. The summed E-state index contributed by atoms with van der Waals surface area (Å²) in [5.74, 6) is -0.462. The number of nitrogens with one attached hydrogen (secondary N) is 1. The van der Waals surface area contributed by atoms with Gasteiger partial charge in [0.25, 0.3) is 11.6 Å². The molecule has 2 aromatic carbocycles. The number of hydrogen-bond donors (Lipinski definition) is 1. The number of rotatable bonds is 3. The second-order valence-electron chi connectivity index (χ2n) is 4.36. The number of carbonyl (C=O) groups excluding carboxylic acids is 1. The van der Waals surface area contributed by atoms with Gasteiger partial charge in [-0.3, -0.25) is 14.9 Å². The highest BCUT2D eigenvalue weighted by Crippen LogP contribution is 2.27. The van der Waals surface area contributed by atoms with Crippen molar-refractivity contribution in [2.24, 2.45) is 0 Å². The van der Waals surface area contributed by atoms with Crippen LogP contribution in [0.4, 0.5) is 11.4 Å². The Labute approximate surface area is 134 Å². The number of carbonyl (C=O) groups is 1. The number of nitro groups is 1. The number of anilines is 1. The largest absolute Gasteiger partial charge is 0.316 e. The molecule has 0 aliphatic rings. The van der Waals surface area contributed by atoms with Crippen LogP contribution < -0.4 is 5.32 Å². The molecule has 0 atom stereocenters. The lowest BCUT2D eigenvalue weighted by Crippen LogP contribution is -2.13. The van der Waals surface area contributed by atoms with Gasteiger partial charge in [-0.05, 0) is 52.7 Å². The maximum atomic E-state index is 12.1. The van der Waals surface area contributed by atoms with Gasteiger partial charge in [0.15, 0.2) is 0 Å². The Morgan fingerprint density at radius 1 is 1.29 bits per heavy atom. The van der Waals surface area contributed by atoms with Gasteiger partial charge in [0.2, 0.25) is 0 Å². The van der Waals surface area contributed by atoms with Gasteiger partial charge in [-0.2, -0.15) is 0 Å². The molecule has 0 radical (unpaired) electrons. The minimum absolute atomic E-state index is 0.147. The fraction of sp³-hybridized carbons (Fsp3) is 0.0714. The third kappa shape index (κ3) is 3.59. The van der Waals surface area contributed by atoms with E-state index in [0.717, 1.165) is 5.56 Å². The highest BCUT2D eigenvalue weighted by Gasteiger charge is 2.17. The Morgan fingerprint density at radius 2 is 2.00 bits per heavy atom. The second-order valence-corrected chi connectivity index (χ2v) is 5.62. The maximum Gasteiger partial charge on any atom is 0.293 e. The van der Waals surface area contributed by atoms with E-state index in [0.29, 0.717) is 15.1 Å². The normalized spacial score (nSPS) is 10.2. The molecule has 0 spiro atoms. The molecule has 0 bridgehead atoms. The molecule has 1 amide bonds. The molecule has 0 saturated heterocycles. The molecule has 0 aromatic heterocycles. The summed E-state index contributed by atoms with van der Waals surface area (Å²) in [6.07, 6.45) is 0. The molecule has 0 saturated carbocycles. The number of hydrogen-bond acceptors (Lipinski definition) is 3. The molecule has 108 valence electrons. The van der Waals surface area contributed by atoms with Gasteiger partial charge in [-0.25, -0.2) is 0 Å². The number of halogens is 2. The van der Waals surface area contributed by atoms with Crippen molar-refractivity contribution in [1.82, 2.24) is 0 Å². The van der Waals surface area contributed by atoms with Crippen molar-refractivity contribution in [1.29, 1.82) is 0 Å². The van der Waals surface area contributed by atoms with Crippen LogP contribution in [0.3, 0.4) is 0 Å². The Hall–Kier alpha value is -1.92. The van der Waals surface area contributed by atoms with Crippen LogP contribution in [0.15, 0.2) is 40.9 Å². The molecule has 0 aliphatic heterocycles. The first-order chi connectivity index (χ1) is 9.88. The van der Waals surface area contributed by atoms with Crippen LogP contribution in [0.25, 0.3) is 0 Å². The molecule has 2 rings (SSSR count). The highest BCUT2D eigenvalue weighted by molar-refractivity contribution is 9.10. The Balaban J connectivity index is 2.31. The van der Waals surface area contributed by atoms with E-state index < -0.39 is 10.8 Å². The zero-order valence-electron chi connectivity index (χ0n) is 10.9. The van der Waals surface area contributed by atoms with E-state index >= 15 is 0 Å². The van der Waals surface area contributed by atoms with Gasteiger partial charge in [0, 0.05) is 16.1 Å². The van der Waals surface area contributed by atoms with Gasteiger partial charge in [0.05, 0.1) is 9.95 Å². The van der Waals surface area contributed by atoms with Gasteiger partial charge < -0.3 is 5.32 Å². The summed E-state index contributed by atoms with van der Waals surface area (Å²) in [6, 6.07) is 9.31. The standard InChI is InChI=1S/C14H10BrClN2O3/c1-8-2-5-12(13(6-8)18(20)21)17-14(19)9-3-4-10(15)11(16)7-9/h2-7H,1H3,(H,17,19). The highest BCUT2D eigenvalue weighted by atomic mass is 79.9. The van der Waals surface area contributed by atoms with Crippen LogP contribution in [0, 0.1) is 17.0 Å². The first-order valence-corrected chi connectivity index (χ1v) is 7.07. The molecular weight excluding hydrogens is 360 g/mol. The summed E-state index contributed by atoms with van der Waals surface area (Å²) in [6.45, 7) is 1.74. The first-order valence-electron chi connectivity index (χ1n) is 5.90. The predicted molar refractivity (Wildman–Crippen MR) is 84.9 cm³/mol. The van der Waals surface area contributed by atoms with Crippen molar-refractivity contribution in [2.75, 3.05) is 5.32 Å². The lowest BCUT2D eigenvalue weighted by Gasteiger charge is -2.07. The summed E-state index contributed by atoms with van der Waals surface area (Å²) in [4.78, 5) is 22.6. The Kier molecular flexibility index (Phi) is 4.59. The summed E-state index contributed by atoms with van der Waals surface area (Å²) in [5, 5.41) is 13.9. The third-order valence-electron chi connectivity index (χ3n) is 2.78. The molecule has 2 aromatic rings. The summed E-state index contributed by atoms with van der Waals surface area (Å²) < 4.78 is 0.669. The number of aryl methyl sites for hydroxylation is 1. The van der Waals surface area contributed by atoms with Crippen LogP contribution in [0.1, 0.15) is 15.9 Å². The van der Waals surface area contributed by atoms with E-state index in [2.05, 4.69) is 21.2 Å². The van der Waals surface area contributed by atoms with E-state index in [1.807, 2.05) is 0 Å². The molecule has 21 heavy (non-hydrogen) atoms. The van der Waals surface area contributed by atoms with Crippen LogP contribution >= 0.6 is 27.5 Å². The molecule has 0 heterocycles. The molecule has 7 heteroatoms. The van der Waals surface area contributed by atoms with Crippen LogP contribution in [0.5, 0.6) is 0 Å². The molecule has 0 unspecified atom stereocenters. The van der Waals surface area contributed by atoms with E-state index in [4.69, 9.17) is 11.6 Å². The average molecular weight is 370 g/mol. The van der Waals surface area contributed by atoms with E-state index in [1.54, 1.807) is 25.1 Å². The fourth-order valence-electron chi connectivity index (χ4n) is 1.73. The third-order valence-corrected chi connectivity index (χ3v) is 4.01. The number of nitrogens with zero attached hydrogens (tertiary/aromatic N) is 1. The molecule has 1 N–H and O–H groups in total. The Bertz CT molecular complexity index is 734. The van der Waals surface area contributed by atoms with Crippen LogP contribution in [0.2, 0.25) is 5.02 Å². The van der Waals surface area contributed by atoms with Crippen LogP contribution in [-0.2, 0) is 0 Å². The summed E-state index contributed by atoms with van der Waals surface area (Å²) in [5.41, 5.74) is 1.06. The molecule has 0 aliphatic carbocycles. The second kappa shape index (κ2) is 6.24. The lowest BCUT2D eigenvalue weighted by molar-refractivity contribution is -0.384. The van der Waals surface area contributed by atoms with E-state index in [-0.39, 0.29) is 11.4 Å². The summed E-state index contributed by atoms with van der Waals surface area (Å²) in [7, 11) is 0. The zero-order valence-corrected chi connectivity index (χ0v) is 13.2. The predicted octanol–water partition coefficient (Wildman–Crippen LogP) is 4.57. The lowest BCUT2D eigenvalue weighted by atomic mass is 10.1. The Morgan fingerprint density at radius 3 is 2.62 bits per heavy atom. The minimum atomic E-state index is -0.531. The van der Waals surface area contributed by atoms with Crippen molar-refractivity contribution >= 4 is 44.8 Å². The topological polar surface area (TPSA) is 72.2 Å². The quantitative estimate of drug-likeness (QED) is 0.636. The van der Waals surface area contributed by atoms with Crippen molar-refractivity contribution in [3.8, 4) is 0 Å². The fourth-order valence-corrected chi connectivity index (χ4v) is 2.16. The maximum absolute atomic E-state index is 12.1. The average Bonchev–Trinajstić information content (AvgIpc) is 2.43. The number of amides is 1. The SMILES string of the molecule is Cc1ccc(NC(=O)c2ccc(Br)c(Cl)c2)c([N+](=O)[O-])c1. The summed E-state index contributed by atoms with van der Waals surface area (Å²) >= 11 is 9.16. The van der Waals surface area contributed by atoms with Crippen molar-refractivity contribution < 1.29 is 9.72 Å². The van der Waals surface area contributed by atoms with Gasteiger partial charge in [0.1, 0.15) is 5.69 Å². The van der Waals surface area contributed by atoms with Crippen molar-refractivity contribution in [3.05, 3.63) is 67.1 Å². The van der Waals surface area contributed by atoms with Crippen molar-refractivity contribution in [2.45, 2.75) is 6.92 Å². The van der Waals surface area contributed by atoms with Gasteiger partial charge in [-0.15, -0.1) is 0 Å². The zero-order chi connectivity index (χ0) is 15.6. The number of nitro benzene ring substituents is 1. The monoisotopic (exact) mass is 368 g/mol. The first kappa shape index (κ1) is 15.5. The van der Waals surface area contributed by atoms with Gasteiger partial charge in [-0.1, -0.05) is 17.7 Å². The van der Waals surface area contributed by atoms with E-state index in [9.17, 15) is 14.9 Å². The van der Waals surface area contributed by atoms with Crippen LogP contribution in [-0.4, -0.2) is 10.8 Å². The minimum Gasteiger partial charge on any atom is -0.316 e. The molecule has 5 nitrogen and oxygen atoms in total. The number of benzene rings is 2. The van der Waals surface area contributed by atoms with Crippen molar-refractivity contribution in [3.63, 3.8) is 0 Å². The van der Waals surface area contributed by atoms with E-state index in [1.165, 1.54) is 18.2 Å². The molecular formula is C14H10BrClN2O3.